The number of hydrogen-bond acceptors (Lipinski definition) is 3. The molecular formula is C14H20BrNO3S. The van der Waals surface area contributed by atoms with E-state index in [0.29, 0.717) is 10.5 Å². The highest BCUT2D eigenvalue weighted by Gasteiger charge is 2.40. The van der Waals surface area contributed by atoms with Crippen LogP contribution in [0.15, 0.2) is 27.6 Å². The van der Waals surface area contributed by atoms with Gasteiger partial charge in [0.15, 0.2) is 0 Å². The predicted molar refractivity (Wildman–Crippen MR) is 82.0 cm³/mol. The van der Waals surface area contributed by atoms with Crippen molar-refractivity contribution in [2.24, 2.45) is 5.41 Å². The van der Waals surface area contributed by atoms with Gasteiger partial charge in [-0.1, -0.05) is 35.3 Å². The fraction of sp³-hybridized carbons (Fsp3) is 0.571. The van der Waals surface area contributed by atoms with E-state index in [4.69, 9.17) is 0 Å². The first-order chi connectivity index (χ1) is 9.28. The minimum Gasteiger partial charge on any atom is -0.396 e. The summed E-state index contributed by atoms with van der Waals surface area (Å²) in [5.41, 5.74) is 0.344. The molecule has 0 amide bonds. The van der Waals surface area contributed by atoms with Gasteiger partial charge < -0.3 is 5.11 Å². The Bertz CT molecular complexity index is 602. The molecule has 0 saturated heterocycles. The standard InChI is InChI=1S/C14H20BrNO3S/c1-10-5-6-11(15)8-12(10)20(18,19)16-13-4-3-7-14(13,2)9-17/h5-6,8,13,16-17H,3-4,7,9H2,1-2H3/t13-,14+/m1/s1. The van der Waals surface area contributed by atoms with Gasteiger partial charge in [-0.15, -0.1) is 0 Å². The Hall–Kier alpha value is -0.430. The van der Waals surface area contributed by atoms with E-state index in [9.17, 15) is 13.5 Å². The van der Waals surface area contributed by atoms with Crippen LogP contribution in [0.25, 0.3) is 0 Å². The smallest absolute Gasteiger partial charge is 0.241 e. The van der Waals surface area contributed by atoms with Crippen molar-refractivity contribution in [3.05, 3.63) is 28.2 Å². The summed E-state index contributed by atoms with van der Waals surface area (Å²) in [6.07, 6.45) is 2.54. The van der Waals surface area contributed by atoms with Gasteiger partial charge in [-0.3, -0.25) is 0 Å². The van der Waals surface area contributed by atoms with E-state index in [1.54, 1.807) is 19.1 Å². The molecule has 20 heavy (non-hydrogen) atoms. The molecule has 0 unspecified atom stereocenters. The highest BCUT2D eigenvalue weighted by molar-refractivity contribution is 9.10. The van der Waals surface area contributed by atoms with Crippen molar-refractivity contribution >= 4 is 26.0 Å². The molecule has 0 heterocycles. The van der Waals surface area contributed by atoms with E-state index >= 15 is 0 Å². The van der Waals surface area contributed by atoms with Crippen molar-refractivity contribution in [3.8, 4) is 0 Å². The Labute approximate surface area is 128 Å². The van der Waals surface area contributed by atoms with Gasteiger partial charge in [0.25, 0.3) is 0 Å². The van der Waals surface area contributed by atoms with Gasteiger partial charge in [0, 0.05) is 22.5 Å². The second-order valence-corrected chi connectivity index (χ2v) is 8.39. The fourth-order valence-electron chi connectivity index (χ4n) is 2.74. The van der Waals surface area contributed by atoms with E-state index in [-0.39, 0.29) is 18.1 Å². The average molecular weight is 362 g/mol. The second-order valence-electron chi connectivity index (χ2n) is 5.79. The highest BCUT2D eigenvalue weighted by Crippen LogP contribution is 2.38. The molecule has 0 aliphatic heterocycles. The van der Waals surface area contributed by atoms with Gasteiger partial charge in [0.2, 0.25) is 10.0 Å². The van der Waals surface area contributed by atoms with Crippen LogP contribution < -0.4 is 4.72 Å². The summed E-state index contributed by atoms with van der Waals surface area (Å²) in [6, 6.07) is 5.00. The molecule has 0 aromatic heterocycles. The van der Waals surface area contributed by atoms with Gasteiger partial charge in [-0.05, 0) is 37.5 Å². The van der Waals surface area contributed by atoms with Crippen LogP contribution in [0.4, 0.5) is 0 Å². The number of aliphatic hydroxyl groups excluding tert-OH is 1. The van der Waals surface area contributed by atoms with E-state index < -0.39 is 10.0 Å². The summed E-state index contributed by atoms with van der Waals surface area (Å²) in [5.74, 6) is 0. The molecular weight excluding hydrogens is 342 g/mol. The molecule has 6 heteroatoms. The Morgan fingerprint density at radius 1 is 1.50 bits per heavy atom. The van der Waals surface area contributed by atoms with E-state index in [1.165, 1.54) is 0 Å². The zero-order valence-electron chi connectivity index (χ0n) is 11.7. The summed E-state index contributed by atoms with van der Waals surface area (Å²) in [7, 11) is -3.57. The van der Waals surface area contributed by atoms with Crippen LogP contribution in [0.1, 0.15) is 31.7 Å². The summed E-state index contributed by atoms with van der Waals surface area (Å²) in [6.45, 7) is 3.71. The minimum atomic E-state index is -3.57. The lowest BCUT2D eigenvalue weighted by Crippen LogP contribution is -2.44. The molecule has 4 nitrogen and oxygen atoms in total. The van der Waals surface area contributed by atoms with Gasteiger partial charge in [0.05, 0.1) is 4.90 Å². The molecule has 1 fully saturated rings. The summed E-state index contributed by atoms with van der Waals surface area (Å²) in [4.78, 5) is 0.291. The molecule has 0 radical (unpaired) electrons. The van der Waals surface area contributed by atoms with E-state index in [1.807, 2.05) is 13.0 Å². The first-order valence-corrected chi connectivity index (χ1v) is 8.95. The molecule has 2 rings (SSSR count). The van der Waals surface area contributed by atoms with Gasteiger partial charge in [-0.25, -0.2) is 13.1 Å². The first-order valence-electron chi connectivity index (χ1n) is 6.68. The Morgan fingerprint density at radius 3 is 2.85 bits per heavy atom. The molecule has 2 atom stereocenters. The van der Waals surface area contributed by atoms with Crippen LogP contribution in [-0.4, -0.2) is 26.2 Å². The van der Waals surface area contributed by atoms with Crippen molar-refractivity contribution in [3.63, 3.8) is 0 Å². The SMILES string of the molecule is Cc1ccc(Br)cc1S(=O)(=O)N[C@@H]1CCC[C@@]1(C)CO. The van der Waals surface area contributed by atoms with Gasteiger partial charge in [-0.2, -0.15) is 0 Å². The number of halogens is 1. The molecule has 1 aliphatic rings. The number of aryl methyl sites for hydroxylation is 1. The maximum Gasteiger partial charge on any atom is 0.241 e. The van der Waals surface area contributed by atoms with E-state index in [2.05, 4.69) is 20.7 Å². The van der Waals surface area contributed by atoms with Crippen LogP contribution in [0.2, 0.25) is 0 Å². The molecule has 1 aromatic rings. The number of sulfonamides is 1. The van der Waals surface area contributed by atoms with Crippen molar-refractivity contribution in [2.45, 2.75) is 44.0 Å². The van der Waals surface area contributed by atoms with Gasteiger partial charge in [0.1, 0.15) is 0 Å². The van der Waals surface area contributed by atoms with Crippen molar-refractivity contribution in [2.75, 3.05) is 6.61 Å². The molecule has 1 saturated carbocycles. The summed E-state index contributed by atoms with van der Waals surface area (Å²) in [5, 5.41) is 9.52. The number of aliphatic hydroxyl groups is 1. The van der Waals surface area contributed by atoms with E-state index in [0.717, 1.165) is 23.7 Å². The number of benzene rings is 1. The lowest BCUT2D eigenvalue weighted by molar-refractivity contribution is 0.127. The maximum atomic E-state index is 12.6. The molecule has 2 N–H and O–H groups in total. The maximum absolute atomic E-state index is 12.6. The molecule has 1 aromatic carbocycles. The zero-order valence-corrected chi connectivity index (χ0v) is 14.1. The first kappa shape index (κ1) is 15.9. The van der Waals surface area contributed by atoms with Crippen LogP contribution in [-0.2, 0) is 10.0 Å². The summed E-state index contributed by atoms with van der Waals surface area (Å²) < 4.78 is 28.6. The zero-order chi connectivity index (χ0) is 15.0. The predicted octanol–water partition coefficient (Wildman–Crippen LogP) is 2.59. The largest absolute Gasteiger partial charge is 0.396 e. The number of hydrogen-bond donors (Lipinski definition) is 2. The molecule has 112 valence electrons. The highest BCUT2D eigenvalue weighted by atomic mass is 79.9. The fourth-order valence-corrected chi connectivity index (χ4v) is 4.93. The lowest BCUT2D eigenvalue weighted by atomic mass is 9.86. The number of rotatable bonds is 4. The second kappa shape index (κ2) is 5.75. The minimum absolute atomic E-state index is 0.00233. The summed E-state index contributed by atoms with van der Waals surface area (Å²) >= 11 is 3.31. The Balaban J connectivity index is 2.30. The van der Waals surface area contributed by atoms with Crippen LogP contribution in [0.3, 0.4) is 0 Å². The third kappa shape index (κ3) is 3.08. The van der Waals surface area contributed by atoms with Crippen LogP contribution in [0, 0.1) is 12.3 Å². The molecule has 0 bridgehead atoms. The normalized spacial score (nSPS) is 26.9. The lowest BCUT2D eigenvalue weighted by Gasteiger charge is -2.30. The third-order valence-corrected chi connectivity index (χ3v) is 6.29. The molecule has 0 spiro atoms. The van der Waals surface area contributed by atoms with Crippen LogP contribution >= 0.6 is 15.9 Å². The monoisotopic (exact) mass is 361 g/mol. The van der Waals surface area contributed by atoms with Crippen molar-refractivity contribution < 1.29 is 13.5 Å². The number of nitrogens with one attached hydrogen (secondary N) is 1. The molecule has 1 aliphatic carbocycles. The third-order valence-electron chi connectivity index (χ3n) is 4.18. The topological polar surface area (TPSA) is 66.4 Å². The van der Waals surface area contributed by atoms with Crippen LogP contribution in [0.5, 0.6) is 0 Å². The van der Waals surface area contributed by atoms with Crippen molar-refractivity contribution in [1.82, 2.24) is 4.72 Å². The average Bonchev–Trinajstić information content (AvgIpc) is 2.74. The quantitative estimate of drug-likeness (QED) is 0.865. The van der Waals surface area contributed by atoms with Crippen molar-refractivity contribution in [1.29, 1.82) is 0 Å². The Morgan fingerprint density at radius 2 is 2.20 bits per heavy atom. The van der Waals surface area contributed by atoms with Gasteiger partial charge >= 0.3 is 0 Å². The Kier molecular flexibility index (Phi) is 4.59.